The van der Waals surface area contributed by atoms with Crippen LogP contribution < -0.4 is 4.74 Å². The summed E-state index contributed by atoms with van der Waals surface area (Å²) in [5, 5.41) is 0. The fourth-order valence-corrected chi connectivity index (χ4v) is 1.06. The van der Waals surface area contributed by atoms with E-state index in [0.717, 1.165) is 7.11 Å². The van der Waals surface area contributed by atoms with Crippen molar-refractivity contribution in [2.75, 3.05) is 7.11 Å². The number of alkyl halides is 4. The Morgan fingerprint density at radius 3 is 2.50 bits per heavy atom. The molecule has 0 bridgehead atoms. The molecule has 0 saturated heterocycles. The van der Waals surface area contributed by atoms with Crippen LogP contribution in [0.15, 0.2) is 6.07 Å². The van der Waals surface area contributed by atoms with Gasteiger partial charge in [0, 0.05) is 11.6 Å². The van der Waals surface area contributed by atoms with Crippen LogP contribution in [0, 0.1) is 5.82 Å². The minimum absolute atomic E-state index is 0.412. The molecular formula is C9H6F5NO3. The second-order valence-electron chi connectivity index (χ2n) is 2.96. The molecule has 0 aliphatic rings. The molecule has 0 fully saturated rings. The summed E-state index contributed by atoms with van der Waals surface area (Å²) < 4.78 is 69.0. The van der Waals surface area contributed by atoms with Gasteiger partial charge in [0.2, 0.25) is 5.88 Å². The molecule has 18 heavy (non-hydrogen) atoms. The molecule has 0 unspecified atom stereocenters. The smallest absolute Gasteiger partial charge is 0.464 e. The van der Waals surface area contributed by atoms with Gasteiger partial charge in [-0.15, -0.1) is 13.2 Å². The number of carbonyl (C=O) groups is 1. The van der Waals surface area contributed by atoms with Crippen LogP contribution in [0.1, 0.15) is 16.1 Å². The molecule has 1 heterocycles. The molecule has 0 spiro atoms. The Labute approximate surface area is 97.3 Å². The second-order valence-corrected chi connectivity index (χ2v) is 2.96. The van der Waals surface area contributed by atoms with Crippen LogP contribution in [0.2, 0.25) is 0 Å². The summed E-state index contributed by atoms with van der Waals surface area (Å²) in [6, 6.07) is 0.412. The summed E-state index contributed by atoms with van der Waals surface area (Å²) in [6.07, 6.45) is -5.09. The number of carbonyl (C=O) groups excluding carboxylic acids is 1. The van der Waals surface area contributed by atoms with Crippen molar-refractivity contribution in [1.82, 2.24) is 4.98 Å². The first-order chi connectivity index (χ1) is 8.28. The first kappa shape index (κ1) is 14.1. The number of esters is 1. The Morgan fingerprint density at radius 2 is 2.06 bits per heavy atom. The van der Waals surface area contributed by atoms with Crippen LogP contribution in [0.4, 0.5) is 22.0 Å². The van der Waals surface area contributed by atoms with E-state index < -0.39 is 42.0 Å². The Kier molecular flexibility index (Phi) is 4.04. The summed E-state index contributed by atoms with van der Waals surface area (Å²) >= 11 is 0. The SMILES string of the molecule is COC(=O)c1nc(OC(F)(F)F)cc(CF)c1F. The monoisotopic (exact) mass is 271 g/mol. The van der Waals surface area contributed by atoms with Crippen molar-refractivity contribution < 1.29 is 36.2 Å². The van der Waals surface area contributed by atoms with E-state index in [1.807, 2.05) is 0 Å². The quantitative estimate of drug-likeness (QED) is 0.625. The molecule has 1 aromatic heterocycles. The van der Waals surface area contributed by atoms with Crippen molar-refractivity contribution >= 4 is 5.97 Å². The highest BCUT2D eigenvalue weighted by atomic mass is 19.4. The summed E-state index contributed by atoms with van der Waals surface area (Å²) in [5.41, 5.74) is -1.86. The molecule has 4 nitrogen and oxygen atoms in total. The maximum Gasteiger partial charge on any atom is 0.574 e. The predicted molar refractivity (Wildman–Crippen MR) is 47.0 cm³/mol. The number of methoxy groups -OCH3 is 1. The fraction of sp³-hybridized carbons (Fsp3) is 0.333. The molecule has 0 aliphatic carbocycles. The average Bonchev–Trinajstić information content (AvgIpc) is 2.28. The maximum absolute atomic E-state index is 13.4. The lowest BCUT2D eigenvalue weighted by molar-refractivity contribution is -0.276. The van der Waals surface area contributed by atoms with Gasteiger partial charge in [-0.1, -0.05) is 0 Å². The van der Waals surface area contributed by atoms with E-state index in [-0.39, 0.29) is 0 Å². The lowest BCUT2D eigenvalue weighted by atomic mass is 10.2. The normalized spacial score (nSPS) is 11.2. The minimum atomic E-state index is -5.09. The first-order valence-corrected chi connectivity index (χ1v) is 4.38. The van der Waals surface area contributed by atoms with Crippen LogP contribution in [-0.4, -0.2) is 24.4 Å². The van der Waals surface area contributed by atoms with Crippen LogP contribution in [0.3, 0.4) is 0 Å². The van der Waals surface area contributed by atoms with E-state index in [2.05, 4.69) is 14.5 Å². The van der Waals surface area contributed by atoms with Crippen molar-refractivity contribution in [3.05, 3.63) is 23.1 Å². The van der Waals surface area contributed by atoms with Crippen molar-refractivity contribution in [3.63, 3.8) is 0 Å². The number of rotatable bonds is 3. The summed E-state index contributed by atoms with van der Waals surface area (Å²) in [6.45, 7) is -1.42. The molecule has 0 N–H and O–H groups in total. The molecule has 1 aromatic rings. The molecule has 0 atom stereocenters. The summed E-state index contributed by atoms with van der Waals surface area (Å²) in [7, 11) is 0.871. The van der Waals surface area contributed by atoms with Crippen LogP contribution in [0.5, 0.6) is 5.88 Å². The van der Waals surface area contributed by atoms with Crippen molar-refractivity contribution in [1.29, 1.82) is 0 Å². The van der Waals surface area contributed by atoms with Gasteiger partial charge in [0.1, 0.15) is 6.67 Å². The second kappa shape index (κ2) is 5.15. The predicted octanol–water partition coefficient (Wildman–Crippen LogP) is 2.38. The van der Waals surface area contributed by atoms with Gasteiger partial charge in [-0.25, -0.2) is 18.6 Å². The highest BCUT2D eigenvalue weighted by molar-refractivity contribution is 5.87. The van der Waals surface area contributed by atoms with Crippen LogP contribution in [-0.2, 0) is 11.4 Å². The van der Waals surface area contributed by atoms with Gasteiger partial charge in [-0.3, -0.25) is 0 Å². The molecule has 0 amide bonds. The molecule has 0 radical (unpaired) electrons. The third-order valence-corrected chi connectivity index (χ3v) is 1.75. The van der Waals surface area contributed by atoms with Gasteiger partial charge in [-0.05, 0) is 0 Å². The summed E-state index contributed by atoms with van der Waals surface area (Å²) in [5.74, 6) is -3.87. The van der Waals surface area contributed by atoms with E-state index >= 15 is 0 Å². The van der Waals surface area contributed by atoms with Crippen LogP contribution in [0.25, 0.3) is 0 Å². The van der Waals surface area contributed by atoms with Gasteiger partial charge >= 0.3 is 12.3 Å². The van der Waals surface area contributed by atoms with E-state index in [0.29, 0.717) is 6.07 Å². The largest absolute Gasteiger partial charge is 0.574 e. The third-order valence-electron chi connectivity index (χ3n) is 1.75. The fourth-order valence-electron chi connectivity index (χ4n) is 1.06. The number of hydrogen-bond donors (Lipinski definition) is 0. The Morgan fingerprint density at radius 1 is 1.44 bits per heavy atom. The zero-order chi connectivity index (χ0) is 13.9. The lowest BCUT2D eigenvalue weighted by Gasteiger charge is -2.10. The standard InChI is InChI=1S/C9H6F5NO3/c1-17-8(16)7-6(11)4(3-10)2-5(15-7)18-9(12,13)14/h2H,3H2,1H3. The van der Waals surface area contributed by atoms with Gasteiger partial charge in [0.25, 0.3) is 0 Å². The number of hydrogen-bond acceptors (Lipinski definition) is 4. The lowest BCUT2D eigenvalue weighted by Crippen LogP contribution is -2.20. The molecule has 0 aromatic carbocycles. The van der Waals surface area contributed by atoms with Crippen molar-refractivity contribution in [2.45, 2.75) is 13.0 Å². The minimum Gasteiger partial charge on any atom is -0.464 e. The first-order valence-electron chi connectivity index (χ1n) is 4.38. The molecular weight excluding hydrogens is 265 g/mol. The number of ether oxygens (including phenoxy) is 2. The van der Waals surface area contributed by atoms with Gasteiger partial charge in [0.15, 0.2) is 11.5 Å². The Bertz CT molecular complexity index is 460. The van der Waals surface area contributed by atoms with Gasteiger partial charge in [-0.2, -0.15) is 0 Å². The Balaban J connectivity index is 3.26. The highest BCUT2D eigenvalue weighted by Crippen LogP contribution is 2.25. The molecule has 1 rings (SSSR count). The van der Waals surface area contributed by atoms with Gasteiger partial charge < -0.3 is 9.47 Å². The number of nitrogens with zero attached hydrogens (tertiary/aromatic N) is 1. The summed E-state index contributed by atoms with van der Waals surface area (Å²) in [4.78, 5) is 14.0. The third kappa shape index (κ3) is 3.28. The molecule has 100 valence electrons. The number of halogens is 5. The highest BCUT2D eigenvalue weighted by Gasteiger charge is 2.33. The maximum atomic E-state index is 13.4. The number of pyridine rings is 1. The van der Waals surface area contributed by atoms with E-state index in [9.17, 15) is 26.7 Å². The van der Waals surface area contributed by atoms with E-state index in [4.69, 9.17) is 0 Å². The number of aromatic nitrogens is 1. The topological polar surface area (TPSA) is 48.4 Å². The van der Waals surface area contributed by atoms with Crippen molar-refractivity contribution in [2.24, 2.45) is 0 Å². The van der Waals surface area contributed by atoms with E-state index in [1.165, 1.54) is 0 Å². The van der Waals surface area contributed by atoms with Gasteiger partial charge in [0.05, 0.1) is 7.11 Å². The van der Waals surface area contributed by atoms with E-state index in [1.54, 1.807) is 0 Å². The zero-order valence-electron chi connectivity index (χ0n) is 8.85. The average molecular weight is 271 g/mol. The molecule has 0 aliphatic heterocycles. The molecule has 9 heteroatoms. The van der Waals surface area contributed by atoms with Crippen LogP contribution >= 0.6 is 0 Å². The molecule has 0 saturated carbocycles. The zero-order valence-corrected chi connectivity index (χ0v) is 8.85. The Hall–Kier alpha value is -1.93. The van der Waals surface area contributed by atoms with Crippen molar-refractivity contribution in [3.8, 4) is 5.88 Å².